The summed E-state index contributed by atoms with van der Waals surface area (Å²) in [5.41, 5.74) is 7.76. The molecular weight excluding hydrogens is 367 g/mol. The molecule has 2 aromatic rings. The third-order valence-electron chi connectivity index (χ3n) is 4.02. The highest BCUT2D eigenvalue weighted by Gasteiger charge is 2.24. The molecule has 0 spiro atoms. The fraction of sp³-hybridized carbons (Fsp3) is 0.294. The van der Waals surface area contributed by atoms with Crippen molar-refractivity contribution in [3.05, 3.63) is 49.8 Å². The number of benzene rings is 1. The summed E-state index contributed by atoms with van der Waals surface area (Å²) >= 11 is 13.3. The van der Waals surface area contributed by atoms with Crippen LogP contribution in [0.25, 0.3) is 0 Å². The Morgan fingerprint density at radius 3 is 2.62 bits per heavy atom. The highest BCUT2D eigenvalue weighted by molar-refractivity contribution is 7.17. The summed E-state index contributed by atoms with van der Waals surface area (Å²) in [5.74, 6) is -0.700. The lowest BCUT2D eigenvalue weighted by atomic mass is 9.95. The van der Waals surface area contributed by atoms with E-state index in [-0.39, 0.29) is 12.3 Å². The molecule has 24 heavy (non-hydrogen) atoms. The van der Waals surface area contributed by atoms with Crippen molar-refractivity contribution in [2.75, 3.05) is 5.32 Å². The molecule has 4 nitrogen and oxygen atoms in total. The van der Waals surface area contributed by atoms with Crippen molar-refractivity contribution in [3.8, 4) is 0 Å². The average molecular weight is 383 g/mol. The van der Waals surface area contributed by atoms with Gasteiger partial charge in [0.05, 0.1) is 22.0 Å². The smallest absolute Gasteiger partial charge is 0.251 e. The summed E-state index contributed by atoms with van der Waals surface area (Å²) in [6.07, 6.45) is 4.07. The minimum absolute atomic E-state index is 0.150. The topological polar surface area (TPSA) is 72.2 Å². The molecule has 0 aliphatic heterocycles. The Balaban J connectivity index is 1.80. The van der Waals surface area contributed by atoms with Gasteiger partial charge in [-0.25, -0.2) is 0 Å². The Bertz CT molecular complexity index is 817. The lowest BCUT2D eigenvalue weighted by molar-refractivity contribution is -0.115. The van der Waals surface area contributed by atoms with Crippen LogP contribution in [-0.4, -0.2) is 11.8 Å². The first-order valence-electron chi connectivity index (χ1n) is 7.64. The van der Waals surface area contributed by atoms with Crippen LogP contribution >= 0.6 is 34.5 Å². The summed E-state index contributed by atoms with van der Waals surface area (Å²) in [6.45, 7) is 0. The number of amides is 2. The summed E-state index contributed by atoms with van der Waals surface area (Å²) in [6, 6.07) is 5.07. The number of nitrogens with one attached hydrogen (secondary N) is 1. The van der Waals surface area contributed by atoms with Crippen LogP contribution in [0.2, 0.25) is 10.0 Å². The van der Waals surface area contributed by atoms with Crippen LogP contribution in [0.4, 0.5) is 5.00 Å². The standard InChI is InChI=1S/C17H16Cl2N2O2S/c18-11-6-5-9(7-12(11)19)8-14(22)21-17-15(16(20)23)10-3-1-2-4-13(10)24-17/h5-7H,1-4,8H2,(H2,20,23)(H,21,22). The van der Waals surface area contributed by atoms with Gasteiger partial charge >= 0.3 is 0 Å². The number of halogens is 2. The normalized spacial score (nSPS) is 13.4. The van der Waals surface area contributed by atoms with Crippen LogP contribution in [0.5, 0.6) is 0 Å². The number of hydrogen-bond donors (Lipinski definition) is 2. The number of fused-ring (bicyclic) bond motifs is 1. The molecule has 126 valence electrons. The number of carbonyl (C=O) groups excluding carboxylic acids is 2. The largest absolute Gasteiger partial charge is 0.365 e. The van der Waals surface area contributed by atoms with E-state index < -0.39 is 5.91 Å². The first-order chi connectivity index (χ1) is 11.5. The van der Waals surface area contributed by atoms with E-state index in [9.17, 15) is 9.59 Å². The van der Waals surface area contributed by atoms with E-state index in [0.29, 0.717) is 20.6 Å². The summed E-state index contributed by atoms with van der Waals surface area (Å²) in [5, 5.41) is 4.25. The lowest BCUT2D eigenvalue weighted by Crippen LogP contribution is -2.19. The van der Waals surface area contributed by atoms with Gasteiger partial charge in [-0.3, -0.25) is 9.59 Å². The van der Waals surface area contributed by atoms with Crippen LogP contribution in [0, 0.1) is 0 Å². The Hall–Kier alpha value is -1.56. The minimum atomic E-state index is -0.487. The van der Waals surface area contributed by atoms with Gasteiger partial charge in [-0.05, 0) is 48.9 Å². The van der Waals surface area contributed by atoms with Gasteiger partial charge in [0.25, 0.3) is 5.91 Å². The Morgan fingerprint density at radius 1 is 1.17 bits per heavy atom. The molecule has 1 aromatic carbocycles. The predicted molar refractivity (Wildman–Crippen MR) is 98.3 cm³/mol. The molecule has 2 amide bonds. The van der Waals surface area contributed by atoms with Crippen LogP contribution < -0.4 is 11.1 Å². The second kappa shape index (κ2) is 7.13. The number of thiophene rings is 1. The molecule has 1 aliphatic rings. The first kappa shape index (κ1) is 17.3. The lowest BCUT2D eigenvalue weighted by Gasteiger charge is -2.11. The number of rotatable bonds is 4. The van der Waals surface area contributed by atoms with Crippen molar-refractivity contribution in [2.24, 2.45) is 5.73 Å². The third-order valence-corrected chi connectivity index (χ3v) is 5.97. The summed E-state index contributed by atoms with van der Waals surface area (Å²) < 4.78 is 0. The van der Waals surface area contributed by atoms with E-state index in [0.717, 1.165) is 41.7 Å². The van der Waals surface area contributed by atoms with Crippen LogP contribution in [0.3, 0.4) is 0 Å². The molecule has 3 N–H and O–H groups in total. The fourth-order valence-corrected chi connectivity index (χ4v) is 4.55. The maximum Gasteiger partial charge on any atom is 0.251 e. The van der Waals surface area contributed by atoms with E-state index in [4.69, 9.17) is 28.9 Å². The van der Waals surface area contributed by atoms with E-state index in [1.165, 1.54) is 11.3 Å². The van der Waals surface area contributed by atoms with Crippen LogP contribution in [0.1, 0.15) is 39.2 Å². The highest BCUT2D eigenvalue weighted by atomic mass is 35.5. The molecule has 0 saturated carbocycles. The first-order valence-corrected chi connectivity index (χ1v) is 9.21. The summed E-state index contributed by atoms with van der Waals surface area (Å²) in [7, 11) is 0. The maximum absolute atomic E-state index is 12.3. The molecule has 0 bridgehead atoms. The molecule has 0 fully saturated rings. The molecule has 1 aromatic heterocycles. The van der Waals surface area contributed by atoms with Gasteiger partial charge in [-0.15, -0.1) is 11.3 Å². The van der Waals surface area contributed by atoms with E-state index in [1.54, 1.807) is 18.2 Å². The van der Waals surface area contributed by atoms with Gasteiger partial charge < -0.3 is 11.1 Å². The van der Waals surface area contributed by atoms with Crippen molar-refractivity contribution in [1.82, 2.24) is 0 Å². The fourth-order valence-electron chi connectivity index (χ4n) is 2.92. The molecule has 1 heterocycles. The van der Waals surface area contributed by atoms with Crippen molar-refractivity contribution in [1.29, 1.82) is 0 Å². The zero-order valence-electron chi connectivity index (χ0n) is 12.8. The monoisotopic (exact) mass is 382 g/mol. The van der Waals surface area contributed by atoms with Gasteiger partial charge in [0.2, 0.25) is 5.91 Å². The summed E-state index contributed by atoms with van der Waals surface area (Å²) in [4.78, 5) is 25.3. The van der Waals surface area contributed by atoms with Gasteiger partial charge in [0.15, 0.2) is 0 Å². The number of hydrogen-bond acceptors (Lipinski definition) is 3. The van der Waals surface area contributed by atoms with Crippen molar-refractivity contribution >= 4 is 51.4 Å². The Morgan fingerprint density at radius 2 is 1.92 bits per heavy atom. The average Bonchev–Trinajstić information content (AvgIpc) is 2.88. The number of nitrogens with two attached hydrogens (primary N) is 1. The molecule has 3 rings (SSSR count). The molecule has 0 atom stereocenters. The Labute approximate surface area is 153 Å². The SMILES string of the molecule is NC(=O)c1c(NC(=O)Cc2ccc(Cl)c(Cl)c2)sc2c1CCCC2. The molecule has 0 radical (unpaired) electrons. The number of aryl methyl sites for hydroxylation is 1. The number of anilines is 1. The van der Waals surface area contributed by atoms with Crippen molar-refractivity contribution in [3.63, 3.8) is 0 Å². The van der Waals surface area contributed by atoms with Gasteiger partial charge in [0, 0.05) is 4.88 Å². The number of carbonyl (C=O) groups is 2. The molecule has 0 saturated heterocycles. The number of primary amides is 1. The zero-order valence-corrected chi connectivity index (χ0v) is 15.2. The van der Waals surface area contributed by atoms with E-state index in [2.05, 4.69) is 5.32 Å². The van der Waals surface area contributed by atoms with E-state index in [1.807, 2.05) is 0 Å². The van der Waals surface area contributed by atoms with Crippen LogP contribution in [0.15, 0.2) is 18.2 Å². The molecule has 0 unspecified atom stereocenters. The third kappa shape index (κ3) is 3.58. The maximum atomic E-state index is 12.3. The van der Waals surface area contributed by atoms with Gasteiger partial charge in [0.1, 0.15) is 5.00 Å². The molecule has 7 heteroatoms. The van der Waals surface area contributed by atoms with Gasteiger partial charge in [-0.1, -0.05) is 29.3 Å². The van der Waals surface area contributed by atoms with Gasteiger partial charge in [-0.2, -0.15) is 0 Å². The molecular formula is C17H16Cl2N2O2S. The quantitative estimate of drug-likeness (QED) is 0.830. The van der Waals surface area contributed by atoms with E-state index >= 15 is 0 Å². The molecule has 1 aliphatic carbocycles. The second-order valence-electron chi connectivity index (χ2n) is 5.75. The predicted octanol–water partition coefficient (Wildman–Crippen LogP) is 4.21. The van der Waals surface area contributed by atoms with Crippen molar-refractivity contribution in [2.45, 2.75) is 32.1 Å². The highest BCUT2D eigenvalue weighted by Crippen LogP contribution is 2.38. The Kier molecular flexibility index (Phi) is 5.13. The van der Waals surface area contributed by atoms with Crippen molar-refractivity contribution < 1.29 is 9.59 Å². The zero-order chi connectivity index (χ0) is 17.3. The minimum Gasteiger partial charge on any atom is -0.365 e. The van der Waals surface area contributed by atoms with Crippen LogP contribution in [-0.2, 0) is 24.1 Å². The second-order valence-corrected chi connectivity index (χ2v) is 7.67.